The molecule has 0 fully saturated rings. The van der Waals surface area contributed by atoms with Gasteiger partial charge >= 0.3 is 0 Å². The second-order valence-electron chi connectivity index (χ2n) is 9.54. The molecule has 2 amide bonds. The lowest BCUT2D eigenvalue weighted by Crippen LogP contribution is -2.25. The molecule has 42 heavy (non-hydrogen) atoms. The Hall–Kier alpha value is -4.81. The van der Waals surface area contributed by atoms with Gasteiger partial charge in [-0.3, -0.25) is 14.5 Å². The minimum absolute atomic E-state index is 0.0150. The van der Waals surface area contributed by atoms with Crippen LogP contribution in [0.3, 0.4) is 0 Å². The van der Waals surface area contributed by atoms with Gasteiger partial charge in [0.15, 0.2) is 5.82 Å². The van der Waals surface area contributed by atoms with Crippen LogP contribution in [0.15, 0.2) is 66.7 Å². The summed E-state index contributed by atoms with van der Waals surface area (Å²) in [7, 11) is 5.48. The molecule has 0 bridgehead atoms. The predicted molar refractivity (Wildman–Crippen MR) is 156 cm³/mol. The summed E-state index contributed by atoms with van der Waals surface area (Å²) in [6.45, 7) is 1.24. The Morgan fingerprint density at radius 1 is 0.929 bits per heavy atom. The lowest BCUT2D eigenvalue weighted by Gasteiger charge is -2.23. The molecule has 12 heteroatoms. The molecule has 1 aromatic heterocycles. The molecule has 9 nitrogen and oxygen atoms in total. The van der Waals surface area contributed by atoms with E-state index in [1.54, 1.807) is 31.3 Å². The van der Waals surface area contributed by atoms with E-state index in [4.69, 9.17) is 0 Å². The minimum Gasteiger partial charge on any atom is -0.353 e. The van der Waals surface area contributed by atoms with Crippen LogP contribution in [-0.4, -0.2) is 61.4 Å². The van der Waals surface area contributed by atoms with Gasteiger partial charge in [-0.25, -0.2) is 18.2 Å². The second-order valence-corrected chi connectivity index (χ2v) is 9.54. The number of anilines is 4. The van der Waals surface area contributed by atoms with E-state index in [2.05, 4.69) is 25.9 Å². The van der Waals surface area contributed by atoms with Crippen molar-refractivity contribution in [3.05, 3.63) is 95.3 Å². The Kier molecular flexibility index (Phi) is 9.84. The van der Waals surface area contributed by atoms with Gasteiger partial charge in [-0.2, -0.15) is 4.98 Å². The van der Waals surface area contributed by atoms with E-state index in [-0.39, 0.29) is 18.3 Å². The number of benzene rings is 3. The number of carbonyl (C=O) groups excluding carboxylic acids is 2. The Labute approximate surface area is 241 Å². The lowest BCUT2D eigenvalue weighted by molar-refractivity contribution is -0.106. The summed E-state index contributed by atoms with van der Waals surface area (Å²) >= 11 is 0. The van der Waals surface area contributed by atoms with Crippen molar-refractivity contribution >= 4 is 35.5 Å². The van der Waals surface area contributed by atoms with Crippen LogP contribution in [-0.2, 0) is 11.3 Å². The number of hydrogen-bond acceptors (Lipinski definition) is 7. The van der Waals surface area contributed by atoms with Crippen LogP contribution < -0.4 is 20.9 Å². The van der Waals surface area contributed by atoms with E-state index < -0.39 is 29.0 Å². The summed E-state index contributed by atoms with van der Waals surface area (Å²) < 4.78 is 42.9. The van der Waals surface area contributed by atoms with E-state index >= 15 is 0 Å². The normalized spacial score (nSPS) is 10.9. The highest BCUT2D eigenvalue weighted by Crippen LogP contribution is 2.35. The average molecular weight is 578 g/mol. The maximum absolute atomic E-state index is 14.8. The first kappa shape index (κ1) is 30.2. The first-order chi connectivity index (χ1) is 20.2. The number of para-hydroxylation sites is 1. The summed E-state index contributed by atoms with van der Waals surface area (Å²) in [5, 5.41) is 8.82. The van der Waals surface area contributed by atoms with Crippen LogP contribution in [0, 0.1) is 17.5 Å². The van der Waals surface area contributed by atoms with Crippen molar-refractivity contribution in [2.24, 2.45) is 0 Å². The number of aromatic nitrogens is 2. The van der Waals surface area contributed by atoms with E-state index in [9.17, 15) is 22.8 Å². The van der Waals surface area contributed by atoms with Crippen molar-refractivity contribution in [2.45, 2.75) is 6.54 Å². The number of nitrogens with zero attached hydrogens (tertiary/aromatic N) is 4. The largest absolute Gasteiger partial charge is 0.353 e. The third-order valence-corrected chi connectivity index (χ3v) is 6.22. The summed E-state index contributed by atoms with van der Waals surface area (Å²) in [6, 6.07) is 15.2. The highest BCUT2D eigenvalue weighted by molar-refractivity contribution is 6.04. The van der Waals surface area contributed by atoms with Crippen molar-refractivity contribution in [2.75, 3.05) is 49.8 Å². The van der Waals surface area contributed by atoms with E-state index in [0.29, 0.717) is 47.6 Å². The molecule has 0 spiro atoms. The lowest BCUT2D eigenvalue weighted by atomic mass is 10.0. The molecule has 4 aromatic rings. The van der Waals surface area contributed by atoms with E-state index in [0.717, 1.165) is 17.0 Å². The van der Waals surface area contributed by atoms with Crippen LogP contribution in [0.5, 0.6) is 0 Å². The summed E-state index contributed by atoms with van der Waals surface area (Å²) in [5.74, 6) is -2.56. The molecule has 0 aliphatic carbocycles. The number of halogens is 3. The average Bonchev–Trinajstić information content (AvgIpc) is 2.97. The minimum atomic E-state index is -0.934. The van der Waals surface area contributed by atoms with Crippen LogP contribution in [0.25, 0.3) is 11.3 Å². The summed E-state index contributed by atoms with van der Waals surface area (Å²) in [5.41, 5.74) is 1.55. The molecule has 218 valence electrons. The third-order valence-electron chi connectivity index (χ3n) is 6.22. The molecule has 3 N–H and O–H groups in total. The monoisotopic (exact) mass is 577 g/mol. The first-order valence-corrected chi connectivity index (χ1v) is 13.0. The quantitative estimate of drug-likeness (QED) is 0.208. The number of carbonyl (C=O) groups is 2. The fraction of sp³-hybridized carbons (Fsp3) is 0.200. The van der Waals surface area contributed by atoms with Crippen LogP contribution in [0.4, 0.5) is 36.3 Å². The Bertz CT molecular complexity index is 1530. The maximum atomic E-state index is 14.8. The van der Waals surface area contributed by atoms with Crippen molar-refractivity contribution < 1.29 is 22.8 Å². The molecule has 0 aliphatic heterocycles. The van der Waals surface area contributed by atoms with Gasteiger partial charge in [-0.15, -0.1) is 0 Å². The van der Waals surface area contributed by atoms with Gasteiger partial charge in [0.2, 0.25) is 12.4 Å². The van der Waals surface area contributed by atoms with Crippen LogP contribution in [0.1, 0.15) is 15.9 Å². The zero-order valence-corrected chi connectivity index (χ0v) is 23.3. The smallest absolute Gasteiger partial charge is 0.255 e. The van der Waals surface area contributed by atoms with E-state index in [1.165, 1.54) is 30.3 Å². The summed E-state index contributed by atoms with van der Waals surface area (Å²) in [6.07, 6.45) is 0.305. The molecule has 0 saturated carbocycles. The molecule has 3 aromatic carbocycles. The van der Waals surface area contributed by atoms with Crippen LogP contribution >= 0.6 is 0 Å². The van der Waals surface area contributed by atoms with Gasteiger partial charge in [0.05, 0.1) is 5.69 Å². The molecular weight excluding hydrogens is 547 g/mol. The number of hydrogen-bond donors (Lipinski definition) is 3. The van der Waals surface area contributed by atoms with Crippen molar-refractivity contribution in [1.82, 2.24) is 20.2 Å². The van der Waals surface area contributed by atoms with Gasteiger partial charge in [-0.05, 0) is 69.7 Å². The van der Waals surface area contributed by atoms with Crippen molar-refractivity contribution in [3.8, 4) is 11.3 Å². The zero-order chi connectivity index (χ0) is 30.2. The molecule has 0 radical (unpaired) electrons. The van der Waals surface area contributed by atoms with Crippen molar-refractivity contribution in [1.29, 1.82) is 0 Å². The van der Waals surface area contributed by atoms with Gasteiger partial charge in [0.1, 0.15) is 23.1 Å². The number of nitrogens with one attached hydrogen (secondary N) is 3. The molecule has 0 aliphatic rings. The highest BCUT2D eigenvalue weighted by atomic mass is 19.1. The molecule has 0 atom stereocenters. The standard InChI is InChI=1S/C30H30F3N7O2/c1-34-17-23-26(19-7-9-20(10-8-19)29(42)36-22-13-11-21(31)12-14-22)37-30(35-15-16-39(2)3)38-28(23)40(18-41)27-24(32)5-4-6-25(27)33/h4-14,18,34H,15-17H2,1-3H3,(H,36,42)(H,35,37,38). The third kappa shape index (κ3) is 7.09. The van der Waals surface area contributed by atoms with E-state index in [1.807, 2.05) is 19.0 Å². The topological polar surface area (TPSA) is 102 Å². The second kappa shape index (κ2) is 13.7. The zero-order valence-electron chi connectivity index (χ0n) is 23.3. The van der Waals surface area contributed by atoms with Crippen molar-refractivity contribution in [3.63, 3.8) is 0 Å². The van der Waals surface area contributed by atoms with Crippen LogP contribution in [0.2, 0.25) is 0 Å². The number of likely N-dealkylation sites (N-methyl/N-ethyl adjacent to an activating group) is 1. The molecule has 0 unspecified atom stereocenters. The fourth-order valence-corrected chi connectivity index (χ4v) is 4.16. The molecular formula is C30H30F3N7O2. The predicted octanol–water partition coefficient (Wildman–Crippen LogP) is 4.80. The molecule has 4 rings (SSSR count). The Morgan fingerprint density at radius 2 is 1.60 bits per heavy atom. The SMILES string of the molecule is CNCc1c(-c2ccc(C(=O)Nc3ccc(F)cc3)cc2)nc(NCCN(C)C)nc1N(C=O)c1c(F)cccc1F. The van der Waals surface area contributed by atoms with Gasteiger partial charge < -0.3 is 20.9 Å². The Morgan fingerprint density at radius 3 is 2.19 bits per heavy atom. The fourth-order valence-electron chi connectivity index (χ4n) is 4.16. The number of rotatable bonds is 12. The molecule has 1 heterocycles. The number of amides is 2. The Balaban J connectivity index is 1.78. The maximum Gasteiger partial charge on any atom is 0.255 e. The summed E-state index contributed by atoms with van der Waals surface area (Å²) in [4.78, 5) is 37.1. The first-order valence-electron chi connectivity index (χ1n) is 13.0. The van der Waals surface area contributed by atoms with Gasteiger partial charge in [0, 0.05) is 42.0 Å². The van der Waals surface area contributed by atoms with Gasteiger partial charge in [-0.1, -0.05) is 18.2 Å². The highest BCUT2D eigenvalue weighted by Gasteiger charge is 2.25. The van der Waals surface area contributed by atoms with Gasteiger partial charge in [0.25, 0.3) is 5.91 Å². The molecule has 0 saturated heterocycles.